The molecule has 44 heavy (non-hydrogen) atoms. The summed E-state index contributed by atoms with van der Waals surface area (Å²) in [6, 6.07) is 16.9. The third kappa shape index (κ3) is 8.94. The van der Waals surface area contributed by atoms with Gasteiger partial charge in [-0.3, -0.25) is 0 Å². The van der Waals surface area contributed by atoms with Crippen molar-refractivity contribution in [2.24, 2.45) is 0 Å². The first-order valence-corrected chi connectivity index (χ1v) is 13.6. The summed E-state index contributed by atoms with van der Waals surface area (Å²) in [6.07, 6.45) is -5.79. The lowest BCUT2D eigenvalue weighted by Gasteiger charge is -2.22. The number of carbonyl (C=O) groups excluding carboxylic acids is 2. The molecule has 0 aliphatic rings. The molecule has 0 N–H and O–H groups in total. The van der Waals surface area contributed by atoms with Gasteiger partial charge in [0, 0.05) is 22.9 Å². The molecule has 4 aromatic rings. The van der Waals surface area contributed by atoms with Gasteiger partial charge in [-0.2, -0.15) is 17.6 Å². The molecule has 0 atom stereocenters. The molecule has 0 saturated heterocycles. The normalized spacial score (nSPS) is 10.6. The van der Waals surface area contributed by atoms with Crippen molar-refractivity contribution in [2.75, 3.05) is 0 Å². The molecule has 232 valence electrons. The third-order valence-corrected chi connectivity index (χ3v) is 5.47. The Hall–Kier alpha value is -5.12. The molecule has 4 rings (SSSR count). The van der Waals surface area contributed by atoms with Crippen LogP contribution < -0.4 is 18.9 Å². The highest BCUT2D eigenvalue weighted by molar-refractivity contribution is 5.93. The van der Waals surface area contributed by atoms with Crippen LogP contribution >= 0.6 is 0 Å². The lowest BCUT2D eigenvalue weighted by Crippen LogP contribution is -2.22. The summed E-state index contributed by atoms with van der Waals surface area (Å²) in [6.45, 7) is 14.5. The van der Waals surface area contributed by atoms with Crippen molar-refractivity contribution in [1.29, 1.82) is 0 Å². The van der Waals surface area contributed by atoms with Crippen molar-refractivity contribution >= 4 is 22.7 Å². The number of fused-ring (bicyclic) bond motifs is 1. The van der Waals surface area contributed by atoms with Gasteiger partial charge in [0.15, 0.2) is 0 Å². The van der Waals surface area contributed by atoms with Crippen LogP contribution in [0.15, 0.2) is 110 Å². The van der Waals surface area contributed by atoms with Crippen LogP contribution in [0.1, 0.15) is 38.8 Å². The van der Waals surface area contributed by atoms with E-state index in [1.54, 1.807) is 0 Å². The first-order valence-electron chi connectivity index (χ1n) is 13.6. The van der Waals surface area contributed by atoms with E-state index in [4.69, 9.17) is 18.9 Å². The summed E-state index contributed by atoms with van der Waals surface area (Å²) in [5.74, 6) is -2.00. The standard InChI is InChI=1S/C30H20F4O6.2C2H6/c1-3-27(35)37-21-15-11-19(12-16-21)29(31,32)39-25-9-5-8-24-23(25)7-6-10-26(24)40-30(33,34)20-13-17-22(18-14-20)38-28(36)4-2;2*1-2/h3-18H,1-2H2;2*1-2H3. The van der Waals surface area contributed by atoms with Crippen LogP contribution in [-0.2, 0) is 21.8 Å². The number of halogens is 4. The Morgan fingerprint density at radius 1 is 0.568 bits per heavy atom. The van der Waals surface area contributed by atoms with Gasteiger partial charge in [-0.15, -0.1) is 0 Å². The zero-order valence-electron chi connectivity index (χ0n) is 24.6. The van der Waals surface area contributed by atoms with Crippen LogP contribution in [-0.4, -0.2) is 11.9 Å². The summed E-state index contributed by atoms with van der Waals surface area (Å²) in [5.41, 5.74) is -1.08. The van der Waals surface area contributed by atoms with E-state index in [0.717, 1.165) is 36.4 Å². The van der Waals surface area contributed by atoms with Crippen molar-refractivity contribution in [3.8, 4) is 23.0 Å². The van der Waals surface area contributed by atoms with E-state index < -0.39 is 35.3 Å². The molecule has 10 heteroatoms. The molecule has 0 aliphatic carbocycles. The van der Waals surface area contributed by atoms with E-state index >= 15 is 17.6 Å². The summed E-state index contributed by atoms with van der Waals surface area (Å²) >= 11 is 0. The number of carbonyl (C=O) groups is 2. The van der Waals surface area contributed by atoms with Crippen molar-refractivity contribution < 1.29 is 46.1 Å². The van der Waals surface area contributed by atoms with Gasteiger partial charge in [0.2, 0.25) is 0 Å². The second-order valence-electron chi connectivity index (χ2n) is 8.14. The van der Waals surface area contributed by atoms with Gasteiger partial charge in [0.25, 0.3) is 0 Å². The van der Waals surface area contributed by atoms with Gasteiger partial charge in [-0.05, 0) is 60.7 Å². The van der Waals surface area contributed by atoms with Crippen molar-refractivity contribution in [3.05, 3.63) is 121 Å². The highest BCUT2D eigenvalue weighted by Crippen LogP contribution is 2.41. The predicted octanol–water partition coefficient (Wildman–Crippen LogP) is 9.33. The van der Waals surface area contributed by atoms with Gasteiger partial charge in [0.1, 0.15) is 23.0 Å². The van der Waals surface area contributed by atoms with Gasteiger partial charge in [-0.1, -0.05) is 65.1 Å². The van der Waals surface area contributed by atoms with E-state index in [-0.39, 0.29) is 33.8 Å². The molecule has 0 aromatic heterocycles. The first-order chi connectivity index (χ1) is 21.0. The fourth-order valence-corrected chi connectivity index (χ4v) is 3.57. The molecule has 0 heterocycles. The molecular formula is C34H32F4O6. The monoisotopic (exact) mass is 612 g/mol. The fraction of sp³-hybridized carbons (Fsp3) is 0.176. The minimum absolute atomic E-state index is 0.0322. The van der Waals surface area contributed by atoms with Crippen molar-refractivity contribution in [2.45, 2.75) is 39.9 Å². The Morgan fingerprint density at radius 2 is 0.886 bits per heavy atom. The van der Waals surface area contributed by atoms with Gasteiger partial charge >= 0.3 is 24.2 Å². The summed E-state index contributed by atoms with van der Waals surface area (Å²) in [4.78, 5) is 22.6. The van der Waals surface area contributed by atoms with Gasteiger partial charge in [0.05, 0.1) is 11.1 Å². The Morgan fingerprint density at radius 3 is 1.18 bits per heavy atom. The summed E-state index contributed by atoms with van der Waals surface area (Å²) in [7, 11) is 0. The largest absolute Gasteiger partial charge is 0.428 e. The molecule has 0 unspecified atom stereocenters. The van der Waals surface area contributed by atoms with Crippen LogP contribution in [0.25, 0.3) is 10.8 Å². The molecule has 0 fully saturated rings. The van der Waals surface area contributed by atoms with Crippen LogP contribution in [0.4, 0.5) is 17.6 Å². The maximum absolute atomic E-state index is 15.0. The molecular weight excluding hydrogens is 580 g/mol. The van der Waals surface area contributed by atoms with Crippen LogP contribution in [0.5, 0.6) is 23.0 Å². The zero-order valence-corrected chi connectivity index (χ0v) is 24.6. The predicted molar refractivity (Wildman–Crippen MR) is 160 cm³/mol. The van der Waals surface area contributed by atoms with Gasteiger partial charge < -0.3 is 18.9 Å². The third-order valence-electron chi connectivity index (χ3n) is 5.47. The van der Waals surface area contributed by atoms with Crippen LogP contribution in [0.3, 0.4) is 0 Å². The van der Waals surface area contributed by atoms with Crippen LogP contribution in [0, 0.1) is 0 Å². The number of rotatable bonds is 10. The van der Waals surface area contributed by atoms with E-state index in [0.29, 0.717) is 0 Å². The lowest BCUT2D eigenvalue weighted by molar-refractivity contribution is -0.186. The molecule has 0 spiro atoms. The Labute approximate surface area is 253 Å². The van der Waals surface area contributed by atoms with Gasteiger partial charge in [-0.25, -0.2) is 9.59 Å². The number of alkyl halides is 4. The molecule has 0 saturated carbocycles. The summed E-state index contributed by atoms with van der Waals surface area (Å²) in [5, 5.41) is 0.192. The SMILES string of the molecule is C=CC(=O)Oc1ccc(C(F)(F)Oc2cccc3c(OC(F)(F)c4ccc(OC(=O)C=C)cc4)cccc23)cc1.CC.CC. The Bertz CT molecular complexity index is 1450. The number of esters is 2. The maximum Gasteiger partial charge on any atom is 0.426 e. The number of ether oxygens (including phenoxy) is 4. The smallest absolute Gasteiger partial charge is 0.426 e. The lowest BCUT2D eigenvalue weighted by atomic mass is 10.1. The second-order valence-corrected chi connectivity index (χ2v) is 8.14. The zero-order chi connectivity index (χ0) is 32.9. The first kappa shape index (κ1) is 35.1. The highest BCUT2D eigenvalue weighted by Gasteiger charge is 2.37. The van der Waals surface area contributed by atoms with E-state index in [2.05, 4.69) is 13.2 Å². The number of hydrogen-bond donors (Lipinski definition) is 0. The number of hydrogen-bond acceptors (Lipinski definition) is 6. The minimum Gasteiger partial charge on any atom is -0.428 e. The van der Waals surface area contributed by atoms with E-state index in [1.807, 2.05) is 27.7 Å². The molecule has 0 amide bonds. The van der Waals surface area contributed by atoms with E-state index in [1.165, 1.54) is 60.7 Å². The molecule has 0 bridgehead atoms. The second kappa shape index (κ2) is 15.9. The molecule has 4 aromatic carbocycles. The topological polar surface area (TPSA) is 71.1 Å². The van der Waals surface area contributed by atoms with Crippen molar-refractivity contribution in [1.82, 2.24) is 0 Å². The minimum atomic E-state index is -3.83. The van der Waals surface area contributed by atoms with Crippen LogP contribution in [0.2, 0.25) is 0 Å². The maximum atomic E-state index is 15.0. The molecule has 0 radical (unpaired) electrons. The molecule has 6 nitrogen and oxygen atoms in total. The Balaban J connectivity index is 0.00000162. The Kier molecular flexibility index (Phi) is 12.7. The fourth-order valence-electron chi connectivity index (χ4n) is 3.57. The molecule has 0 aliphatic heterocycles. The van der Waals surface area contributed by atoms with Crippen molar-refractivity contribution in [3.63, 3.8) is 0 Å². The average molecular weight is 613 g/mol. The number of benzene rings is 4. The average Bonchev–Trinajstić information content (AvgIpc) is 3.03. The highest BCUT2D eigenvalue weighted by atomic mass is 19.3. The quantitative estimate of drug-likeness (QED) is 0.0769. The van der Waals surface area contributed by atoms with E-state index in [9.17, 15) is 9.59 Å². The summed E-state index contributed by atoms with van der Waals surface area (Å²) < 4.78 is 79.9.